The predicted molar refractivity (Wildman–Crippen MR) is 105 cm³/mol. The number of methoxy groups -OCH3 is 1. The molecule has 0 aliphatic carbocycles. The van der Waals surface area contributed by atoms with Crippen LogP contribution in [0.1, 0.15) is 23.6 Å². The molecule has 0 unspecified atom stereocenters. The molecule has 0 spiro atoms. The van der Waals surface area contributed by atoms with Gasteiger partial charge in [0.25, 0.3) is 0 Å². The molecule has 0 amide bonds. The predicted octanol–water partition coefficient (Wildman–Crippen LogP) is 5.15. The van der Waals surface area contributed by atoms with Crippen LogP contribution in [-0.2, 0) is 9.53 Å². The van der Waals surface area contributed by atoms with Crippen molar-refractivity contribution < 1.29 is 19.0 Å². The van der Waals surface area contributed by atoms with Crippen LogP contribution >= 0.6 is 15.9 Å². The first kappa shape index (κ1) is 18.3. The molecule has 0 saturated carbocycles. The van der Waals surface area contributed by atoms with E-state index in [4.69, 9.17) is 14.2 Å². The molecule has 0 saturated heterocycles. The van der Waals surface area contributed by atoms with Gasteiger partial charge in [0.2, 0.25) is 0 Å². The Bertz CT molecular complexity index is 895. The summed E-state index contributed by atoms with van der Waals surface area (Å²) < 4.78 is 17.2. The number of benzene rings is 2. The molecule has 2 aromatic carbocycles. The summed E-state index contributed by atoms with van der Waals surface area (Å²) in [6.45, 7) is 4.46. The molecule has 26 heavy (non-hydrogen) atoms. The average molecular weight is 415 g/mol. The highest BCUT2D eigenvalue weighted by Gasteiger charge is 2.22. The Morgan fingerprint density at radius 1 is 1.19 bits per heavy atom. The van der Waals surface area contributed by atoms with Crippen molar-refractivity contribution in [2.45, 2.75) is 13.8 Å². The van der Waals surface area contributed by atoms with Crippen LogP contribution < -0.4 is 9.47 Å². The highest BCUT2D eigenvalue weighted by molar-refractivity contribution is 9.10. The summed E-state index contributed by atoms with van der Waals surface area (Å²) in [5, 5.41) is 0. The molecule has 1 aliphatic heterocycles. The second kappa shape index (κ2) is 7.79. The first-order chi connectivity index (χ1) is 12.5. The van der Waals surface area contributed by atoms with Gasteiger partial charge in [0.1, 0.15) is 5.76 Å². The summed E-state index contributed by atoms with van der Waals surface area (Å²) in [5.74, 6) is 1.42. The third-order valence-electron chi connectivity index (χ3n) is 3.92. The monoisotopic (exact) mass is 414 g/mol. The van der Waals surface area contributed by atoms with Gasteiger partial charge in [-0.25, -0.2) is 4.79 Å². The lowest BCUT2D eigenvalue weighted by Gasteiger charge is -2.12. The standard InChI is InChI=1S/C21H19BrO4/c1-4-25-20-17(22)10-14(11-19(20)24-3)9-16-12-18(26-21(16)23)15-7-5-13(2)6-8-15/h5-12H,4H2,1-3H3. The maximum absolute atomic E-state index is 12.2. The summed E-state index contributed by atoms with van der Waals surface area (Å²) in [6, 6.07) is 11.6. The molecule has 4 nitrogen and oxygen atoms in total. The van der Waals surface area contributed by atoms with E-state index < -0.39 is 0 Å². The Morgan fingerprint density at radius 2 is 1.92 bits per heavy atom. The first-order valence-electron chi connectivity index (χ1n) is 8.24. The Hall–Kier alpha value is -2.53. The molecule has 0 atom stereocenters. The molecular formula is C21H19BrO4. The van der Waals surface area contributed by atoms with Crippen LogP contribution in [-0.4, -0.2) is 19.7 Å². The molecule has 0 fully saturated rings. The van der Waals surface area contributed by atoms with E-state index >= 15 is 0 Å². The van der Waals surface area contributed by atoms with Crippen LogP contribution in [0.3, 0.4) is 0 Å². The van der Waals surface area contributed by atoms with Crippen molar-refractivity contribution in [2.75, 3.05) is 13.7 Å². The molecule has 0 aromatic heterocycles. The van der Waals surface area contributed by atoms with Crippen LogP contribution in [0.2, 0.25) is 0 Å². The van der Waals surface area contributed by atoms with Crippen LogP contribution in [0.15, 0.2) is 52.5 Å². The fraction of sp³-hybridized carbons (Fsp3) is 0.190. The normalized spacial score (nSPS) is 15.0. The number of cyclic esters (lactones) is 1. The van der Waals surface area contributed by atoms with E-state index in [9.17, 15) is 4.79 Å². The van der Waals surface area contributed by atoms with E-state index in [2.05, 4.69) is 15.9 Å². The minimum atomic E-state index is -0.371. The van der Waals surface area contributed by atoms with Gasteiger partial charge >= 0.3 is 5.97 Å². The van der Waals surface area contributed by atoms with Crippen molar-refractivity contribution in [2.24, 2.45) is 0 Å². The second-order valence-corrected chi connectivity index (χ2v) is 6.69. The van der Waals surface area contributed by atoms with Gasteiger partial charge in [0, 0.05) is 5.56 Å². The van der Waals surface area contributed by atoms with Crippen molar-refractivity contribution in [3.8, 4) is 11.5 Å². The minimum absolute atomic E-state index is 0.371. The SMILES string of the molecule is CCOc1c(Br)cc(C=C2C=C(c3ccc(C)cc3)OC2=O)cc1OC. The molecule has 134 valence electrons. The Balaban J connectivity index is 1.95. The van der Waals surface area contributed by atoms with Gasteiger partial charge in [-0.3, -0.25) is 0 Å². The van der Waals surface area contributed by atoms with Crippen LogP contribution in [0.25, 0.3) is 11.8 Å². The number of ether oxygens (including phenoxy) is 3. The number of carbonyl (C=O) groups is 1. The molecular weight excluding hydrogens is 396 g/mol. The first-order valence-corrected chi connectivity index (χ1v) is 9.04. The van der Waals surface area contributed by atoms with E-state index in [1.807, 2.05) is 50.2 Å². The van der Waals surface area contributed by atoms with E-state index in [-0.39, 0.29) is 5.97 Å². The topological polar surface area (TPSA) is 44.8 Å². The van der Waals surface area contributed by atoms with Crippen LogP contribution in [0.5, 0.6) is 11.5 Å². The third-order valence-corrected chi connectivity index (χ3v) is 4.51. The summed E-state index contributed by atoms with van der Waals surface area (Å²) in [4.78, 5) is 12.2. The minimum Gasteiger partial charge on any atom is -0.493 e. The van der Waals surface area contributed by atoms with Gasteiger partial charge in [0.05, 0.1) is 23.8 Å². The summed E-state index contributed by atoms with van der Waals surface area (Å²) in [5.41, 5.74) is 3.32. The quantitative estimate of drug-likeness (QED) is 0.501. The second-order valence-electron chi connectivity index (χ2n) is 5.83. The van der Waals surface area contributed by atoms with Crippen molar-refractivity contribution in [3.63, 3.8) is 0 Å². The molecule has 5 heteroatoms. The van der Waals surface area contributed by atoms with Gasteiger partial charge < -0.3 is 14.2 Å². The van der Waals surface area contributed by atoms with Gasteiger partial charge in [0.15, 0.2) is 11.5 Å². The van der Waals surface area contributed by atoms with Crippen molar-refractivity contribution >= 4 is 33.7 Å². The number of hydrogen-bond donors (Lipinski definition) is 0. The van der Waals surface area contributed by atoms with Crippen molar-refractivity contribution in [3.05, 3.63) is 69.2 Å². The molecule has 1 aliphatic rings. The van der Waals surface area contributed by atoms with E-state index in [1.165, 1.54) is 0 Å². The third kappa shape index (κ3) is 3.83. The van der Waals surface area contributed by atoms with E-state index in [1.54, 1.807) is 19.3 Å². The lowest BCUT2D eigenvalue weighted by atomic mass is 10.1. The highest BCUT2D eigenvalue weighted by atomic mass is 79.9. The number of esters is 1. The maximum atomic E-state index is 12.2. The Kier molecular flexibility index (Phi) is 5.47. The molecule has 0 radical (unpaired) electrons. The molecule has 0 bridgehead atoms. The Labute approximate surface area is 161 Å². The molecule has 1 heterocycles. The number of hydrogen-bond acceptors (Lipinski definition) is 4. The number of aryl methyl sites for hydroxylation is 1. The van der Waals surface area contributed by atoms with Crippen LogP contribution in [0, 0.1) is 6.92 Å². The maximum Gasteiger partial charge on any atom is 0.343 e. The number of halogens is 1. The molecule has 3 rings (SSSR count). The smallest absolute Gasteiger partial charge is 0.343 e. The summed E-state index contributed by atoms with van der Waals surface area (Å²) in [6.07, 6.45) is 3.52. The number of rotatable bonds is 5. The largest absolute Gasteiger partial charge is 0.493 e. The summed E-state index contributed by atoms with van der Waals surface area (Å²) >= 11 is 3.49. The zero-order chi connectivity index (χ0) is 18.7. The summed E-state index contributed by atoms with van der Waals surface area (Å²) in [7, 11) is 1.58. The highest BCUT2D eigenvalue weighted by Crippen LogP contribution is 2.38. The fourth-order valence-corrected chi connectivity index (χ4v) is 3.21. The average Bonchev–Trinajstić information content (AvgIpc) is 2.98. The zero-order valence-electron chi connectivity index (χ0n) is 14.8. The zero-order valence-corrected chi connectivity index (χ0v) is 16.4. The van der Waals surface area contributed by atoms with Crippen molar-refractivity contribution in [1.29, 1.82) is 0 Å². The van der Waals surface area contributed by atoms with Crippen LogP contribution in [0.4, 0.5) is 0 Å². The van der Waals surface area contributed by atoms with Gasteiger partial charge in [-0.1, -0.05) is 29.8 Å². The Morgan fingerprint density at radius 3 is 2.58 bits per heavy atom. The fourth-order valence-electron chi connectivity index (χ4n) is 2.64. The van der Waals surface area contributed by atoms with Crippen molar-refractivity contribution in [1.82, 2.24) is 0 Å². The van der Waals surface area contributed by atoms with Gasteiger partial charge in [-0.2, -0.15) is 0 Å². The number of carbonyl (C=O) groups excluding carboxylic acids is 1. The van der Waals surface area contributed by atoms with E-state index in [0.29, 0.717) is 29.4 Å². The van der Waals surface area contributed by atoms with E-state index in [0.717, 1.165) is 21.2 Å². The molecule has 0 N–H and O–H groups in total. The van der Waals surface area contributed by atoms with Gasteiger partial charge in [-0.15, -0.1) is 0 Å². The lowest BCUT2D eigenvalue weighted by molar-refractivity contribution is -0.130. The molecule has 2 aromatic rings. The van der Waals surface area contributed by atoms with Gasteiger partial charge in [-0.05, 0) is 59.6 Å². The lowest BCUT2D eigenvalue weighted by Crippen LogP contribution is -1.98.